The van der Waals surface area contributed by atoms with Crippen molar-refractivity contribution in [3.8, 4) is 0 Å². The summed E-state index contributed by atoms with van der Waals surface area (Å²) in [5.41, 5.74) is 2.96. The van der Waals surface area contributed by atoms with Gasteiger partial charge in [-0.25, -0.2) is 0 Å². The van der Waals surface area contributed by atoms with Gasteiger partial charge in [0.25, 0.3) is 0 Å². The molecule has 0 saturated heterocycles. The maximum absolute atomic E-state index is 5.57. The minimum Gasteiger partial charge on any atom is -0.271 e. The van der Waals surface area contributed by atoms with E-state index in [1.165, 1.54) is 44.9 Å². The Kier molecular flexibility index (Phi) is 9.42. The fourth-order valence-corrected chi connectivity index (χ4v) is 1.98. The highest BCUT2D eigenvalue weighted by Crippen LogP contribution is 2.16. The molecule has 2 unspecified atom stereocenters. The second-order valence-corrected chi connectivity index (χ2v) is 4.39. The average molecular weight is 200 g/mol. The first kappa shape index (κ1) is 13.9. The Labute approximate surface area is 89.6 Å². The van der Waals surface area contributed by atoms with E-state index in [1.807, 2.05) is 0 Å². The molecule has 0 radical (unpaired) electrons. The summed E-state index contributed by atoms with van der Waals surface area (Å²) in [7, 11) is 0. The largest absolute Gasteiger partial charge is 0.271 e. The molecule has 0 aromatic carbocycles. The quantitative estimate of drug-likeness (QED) is 0.341. The van der Waals surface area contributed by atoms with Crippen molar-refractivity contribution < 1.29 is 0 Å². The number of hydrogen-bond donors (Lipinski definition) is 2. The zero-order valence-corrected chi connectivity index (χ0v) is 10.2. The van der Waals surface area contributed by atoms with Crippen LogP contribution in [0.15, 0.2) is 0 Å². The van der Waals surface area contributed by atoms with Crippen LogP contribution >= 0.6 is 0 Å². The van der Waals surface area contributed by atoms with E-state index in [-0.39, 0.29) is 0 Å². The van der Waals surface area contributed by atoms with Gasteiger partial charge in [0, 0.05) is 6.04 Å². The van der Waals surface area contributed by atoms with Gasteiger partial charge in [-0.1, -0.05) is 52.9 Å². The van der Waals surface area contributed by atoms with E-state index in [9.17, 15) is 0 Å². The van der Waals surface area contributed by atoms with E-state index in [0.717, 1.165) is 0 Å². The highest BCUT2D eigenvalue weighted by atomic mass is 15.2. The summed E-state index contributed by atoms with van der Waals surface area (Å²) in [4.78, 5) is 0. The third-order valence-electron chi connectivity index (χ3n) is 3.01. The SMILES string of the molecule is CCCCCCC(NN)C(C)CCC. The van der Waals surface area contributed by atoms with Crippen LogP contribution in [-0.4, -0.2) is 6.04 Å². The standard InChI is InChI=1S/C12H28N2/c1-4-6-7-8-10-12(14-13)11(3)9-5-2/h11-12,14H,4-10,13H2,1-3H3. The molecule has 2 heteroatoms. The molecule has 0 aliphatic rings. The van der Waals surface area contributed by atoms with Crippen LogP contribution in [-0.2, 0) is 0 Å². The number of nitrogens with one attached hydrogen (secondary N) is 1. The highest BCUT2D eigenvalue weighted by Gasteiger charge is 2.13. The molecule has 2 atom stereocenters. The Bertz CT molecular complexity index is 115. The third kappa shape index (κ3) is 6.39. The fraction of sp³-hybridized carbons (Fsp3) is 1.00. The molecule has 0 heterocycles. The van der Waals surface area contributed by atoms with Gasteiger partial charge in [-0.15, -0.1) is 0 Å². The van der Waals surface area contributed by atoms with E-state index < -0.39 is 0 Å². The van der Waals surface area contributed by atoms with Crippen molar-refractivity contribution in [3.63, 3.8) is 0 Å². The first-order chi connectivity index (χ1) is 6.76. The molecule has 0 aliphatic carbocycles. The lowest BCUT2D eigenvalue weighted by Gasteiger charge is -2.22. The Morgan fingerprint density at radius 2 is 1.71 bits per heavy atom. The number of unbranched alkanes of at least 4 members (excludes halogenated alkanes) is 3. The van der Waals surface area contributed by atoms with Crippen LogP contribution in [0, 0.1) is 5.92 Å². The molecule has 0 rings (SSSR count). The summed E-state index contributed by atoms with van der Waals surface area (Å²) in [5, 5.41) is 0. The molecule has 0 aliphatic heterocycles. The maximum atomic E-state index is 5.57. The topological polar surface area (TPSA) is 38.0 Å². The van der Waals surface area contributed by atoms with Gasteiger partial charge >= 0.3 is 0 Å². The molecule has 0 amide bonds. The Balaban J connectivity index is 3.56. The van der Waals surface area contributed by atoms with Crippen LogP contribution < -0.4 is 11.3 Å². The molecule has 86 valence electrons. The Morgan fingerprint density at radius 1 is 1.00 bits per heavy atom. The van der Waals surface area contributed by atoms with Gasteiger partial charge in [0.1, 0.15) is 0 Å². The Hall–Kier alpha value is -0.0800. The third-order valence-corrected chi connectivity index (χ3v) is 3.01. The van der Waals surface area contributed by atoms with E-state index in [2.05, 4.69) is 26.2 Å². The van der Waals surface area contributed by atoms with Crippen LogP contribution in [0.25, 0.3) is 0 Å². The molecule has 0 aromatic rings. The van der Waals surface area contributed by atoms with Gasteiger partial charge < -0.3 is 0 Å². The Morgan fingerprint density at radius 3 is 2.21 bits per heavy atom. The van der Waals surface area contributed by atoms with Crippen LogP contribution in [0.1, 0.15) is 65.7 Å². The van der Waals surface area contributed by atoms with Crippen molar-refractivity contribution in [2.24, 2.45) is 11.8 Å². The van der Waals surface area contributed by atoms with Crippen LogP contribution in [0.5, 0.6) is 0 Å². The molecule has 2 nitrogen and oxygen atoms in total. The summed E-state index contributed by atoms with van der Waals surface area (Å²) in [6.45, 7) is 6.79. The smallest absolute Gasteiger partial charge is 0.0236 e. The van der Waals surface area contributed by atoms with Gasteiger partial charge in [-0.2, -0.15) is 0 Å². The molecule has 14 heavy (non-hydrogen) atoms. The molecule has 0 spiro atoms. The second-order valence-electron chi connectivity index (χ2n) is 4.39. The van der Waals surface area contributed by atoms with Crippen molar-refractivity contribution >= 4 is 0 Å². The zero-order valence-electron chi connectivity index (χ0n) is 10.2. The van der Waals surface area contributed by atoms with Crippen molar-refractivity contribution in [1.82, 2.24) is 5.43 Å². The van der Waals surface area contributed by atoms with E-state index in [0.29, 0.717) is 12.0 Å². The molecular formula is C12H28N2. The number of hydrogen-bond acceptors (Lipinski definition) is 2. The predicted octanol–water partition coefficient (Wildman–Crippen LogP) is 3.22. The lowest BCUT2D eigenvalue weighted by molar-refractivity contribution is 0.331. The van der Waals surface area contributed by atoms with Crippen molar-refractivity contribution in [1.29, 1.82) is 0 Å². The molecular weight excluding hydrogens is 172 g/mol. The van der Waals surface area contributed by atoms with Gasteiger partial charge in [-0.3, -0.25) is 11.3 Å². The van der Waals surface area contributed by atoms with Gasteiger partial charge in [0.2, 0.25) is 0 Å². The van der Waals surface area contributed by atoms with E-state index in [4.69, 9.17) is 5.84 Å². The summed E-state index contributed by atoms with van der Waals surface area (Å²) in [5.74, 6) is 6.28. The van der Waals surface area contributed by atoms with Crippen molar-refractivity contribution in [2.45, 2.75) is 71.8 Å². The average Bonchev–Trinajstić information content (AvgIpc) is 2.18. The molecule has 3 N–H and O–H groups in total. The lowest BCUT2D eigenvalue weighted by Crippen LogP contribution is -2.39. The maximum Gasteiger partial charge on any atom is 0.0236 e. The van der Waals surface area contributed by atoms with Gasteiger partial charge in [-0.05, 0) is 18.8 Å². The van der Waals surface area contributed by atoms with E-state index >= 15 is 0 Å². The normalized spacial score (nSPS) is 15.4. The second kappa shape index (κ2) is 9.47. The minimum absolute atomic E-state index is 0.520. The van der Waals surface area contributed by atoms with Crippen LogP contribution in [0.3, 0.4) is 0 Å². The minimum atomic E-state index is 0.520. The predicted molar refractivity (Wildman–Crippen MR) is 63.9 cm³/mol. The summed E-state index contributed by atoms with van der Waals surface area (Å²) < 4.78 is 0. The first-order valence-corrected chi connectivity index (χ1v) is 6.22. The summed E-state index contributed by atoms with van der Waals surface area (Å²) in [6, 6.07) is 0.520. The van der Waals surface area contributed by atoms with Crippen LogP contribution in [0.4, 0.5) is 0 Å². The van der Waals surface area contributed by atoms with E-state index in [1.54, 1.807) is 0 Å². The molecule has 0 aromatic heterocycles. The fourth-order valence-electron chi connectivity index (χ4n) is 1.98. The van der Waals surface area contributed by atoms with Gasteiger partial charge in [0.15, 0.2) is 0 Å². The number of nitrogens with two attached hydrogens (primary N) is 1. The van der Waals surface area contributed by atoms with Crippen molar-refractivity contribution in [2.75, 3.05) is 0 Å². The molecule has 0 saturated carbocycles. The van der Waals surface area contributed by atoms with Crippen molar-refractivity contribution in [3.05, 3.63) is 0 Å². The lowest BCUT2D eigenvalue weighted by atomic mass is 9.93. The number of rotatable bonds is 9. The molecule has 0 bridgehead atoms. The first-order valence-electron chi connectivity index (χ1n) is 6.22. The monoisotopic (exact) mass is 200 g/mol. The summed E-state index contributed by atoms with van der Waals surface area (Å²) >= 11 is 0. The van der Waals surface area contributed by atoms with Gasteiger partial charge in [0.05, 0.1) is 0 Å². The van der Waals surface area contributed by atoms with Crippen LogP contribution in [0.2, 0.25) is 0 Å². The molecule has 0 fully saturated rings. The number of hydrazine groups is 1. The zero-order chi connectivity index (χ0) is 10.8. The highest BCUT2D eigenvalue weighted by molar-refractivity contribution is 4.70. The summed E-state index contributed by atoms with van der Waals surface area (Å²) in [6.07, 6.45) is 9.11.